The van der Waals surface area contributed by atoms with Crippen LogP contribution in [0.4, 0.5) is 0 Å². The molecule has 18 heavy (non-hydrogen) atoms. The Hall–Kier alpha value is 0.140. The summed E-state index contributed by atoms with van der Waals surface area (Å²) in [6, 6.07) is 7.00. The zero-order chi connectivity index (χ0) is 13.4. The summed E-state index contributed by atoms with van der Waals surface area (Å²) < 4.78 is 2.28. The lowest BCUT2D eigenvalue weighted by Crippen LogP contribution is -2.20. The van der Waals surface area contributed by atoms with E-state index in [0.717, 1.165) is 15.5 Å². The number of hydrogen-bond acceptors (Lipinski definition) is 1. The number of halogens is 2. The first-order chi connectivity index (χ1) is 8.67. The van der Waals surface area contributed by atoms with Gasteiger partial charge in [0, 0.05) is 15.0 Å². The van der Waals surface area contributed by atoms with Gasteiger partial charge >= 0.3 is 0 Å². The van der Waals surface area contributed by atoms with Gasteiger partial charge in [-0.3, -0.25) is 0 Å². The van der Waals surface area contributed by atoms with Crippen molar-refractivity contribution < 1.29 is 0 Å². The lowest BCUT2D eigenvalue weighted by Gasteiger charge is -2.19. The van der Waals surface area contributed by atoms with E-state index in [1.807, 2.05) is 0 Å². The summed E-state index contributed by atoms with van der Waals surface area (Å²) in [4.78, 5) is 0. The van der Waals surface area contributed by atoms with Gasteiger partial charge in [-0.2, -0.15) is 0 Å². The molecule has 0 aliphatic rings. The fourth-order valence-electron chi connectivity index (χ4n) is 2.18. The Kier molecular flexibility index (Phi) is 8.20. The monoisotopic (exact) mass is 375 g/mol. The van der Waals surface area contributed by atoms with Crippen LogP contribution < -0.4 is 5.32 Å². The van der Waals surface area contributed by atoms with E-state index in [1.54, 1.807) is 0 Å². The van der Waals surface area contributed by atoms with Gasteiger partial charge in [-0.1, -0.05) is 71.4 Å². The smallest absolute Gasteiger partial charge is 0.0320 e. The highest BCUT2D eigenvalue weighted by Crippen LogP contribution is 2.27. The molecule has 1 nitrogen and oxygen atoms in total. The maximum atomic E-state index is 3.59. The molecule has 0 aromatic heterocycles. The molecule has 0 radical (unpaired) electrons. The molecule has 0 bridgehead atoms. The lowest BCUT2D eigenvalue weighted by molar-refractivity contribution is 0.481. The van der Waals surface area contributed by atoms with Gasteiger partial charge in [0.25, 0.3) is 0 Å². The van der Waals surface area contributed by atoms with Crippen molar-refractivity contribution in [3.63, 3.8) is 0 Å². The van der Waals surface area contributed by atoms with Crippen molar-refractivity contribution in [1.82, 2.24) is 5.32 Å². The van der Waals surface area contributed by atoms with Crippen LogP contribution in [0.5, 0.6) is 0 Å². The third-order valence-corrected chi connectivity index (χ3v) is 4.00. The minimum Gasteiger partial charge on any atom is -0.310 e. The summed E-state index contributed by atoms with van der Waals surface area (Å²) in [5.41, 5.74) is 1.37. The predicted molar refractivity (Wildman–Crippen MR) is 87.0 cm³/mol. The van der Waals surface area contributed by atoms with Crippen molar-refractivity contribution in [1.29, 1.82) is 0 Å². The summed E-state index contributed by atoms with van der Waals surface area (Å²) >= 11 is 7.14. The molecule has 1 aromatic rings. The van der Waals surface area contributed by atoms with Crippen LogP contribution in [0.1, 0.15) is 57.6 Å². The highest BCUT2D eigenvalue weighted by Gasteiger charge is 2.11. The summed E-state index contributed by atoms with van der Waals surface area (Å²) in [6.45, 7) is 5.45. The molecular formula is C15H23Br2N. The topological polar surface area (TPSA) is 12.0 Å². The van der Waals surface area contributed by atoms with Crippen molar-refractivity contribution in [3.05, 3.63) is 32.7 Å². The molecule has 0 amide bonds. The zero-order valence-corrected chi connectivity index (χ0v) is 14.5. The van der Waals surface area contributed by atoms with Gasteiger partial charge in [-0.05, 0) is 36.7 Å². The molecule has 1 rings (SSSR count). The van der Waals surface area contributed by atoms with E-state index in [9.17, 15) is 0 Å². The van der Waals surface area contributed by atoms with Crippen LogP contribution in [0.25, 0.3) is 0 Å². The molecule has 1 atom stereocenters. The highest BCUT2D eigenvalue weighted by molar-refractivity contribution is 9.11. The van der Waals surface area contributed by atoms with Crippen molar-refractivity contribution in [2.75, 3.05) is 6.54 Å². The van der Waals surface area contributed by atoms with Crippen LogP contribution in [0, 0.1) is 0 Å². The van der Waals surface area contributed by atoms with Crippen LogP contribution in [-0.2, 0) is 0 Å². The quantitative estimate of drug-likeness (QED) is 0.562. The van der Waals surface area contributed by atoms with Crippen molar-refractivity contribution in [2.45, 2.75) is 52.0 Å². The van der Waals surface area contributed by atoms with Crippen LogP contribution in [0.3, 0.4) is 0 Å². The van der Waals surface area contributed by atoms with Crippen LogP contribution in [0.15, 0.2) is 27.1 Å². The van der Waals surface area contributed by atoms with E-state index in [0.29, 0.717) is 6.04 Å². The van der Waals surface area contributed by atoms with Gasteiger partial charge < -0.3 is 5.32 Å². The highest BCUT2D eigenvalue weighted by atomic mass is 79.9. The number of rotatable bonds is 8. The van der Waals surface area contributed by atoms with Gasteiger partial charge in [0.15, 0.2) is 0 Å². The van der Waals surface area contributed by atoms with Crippen molar-refractivity contribution in [3.8, 4) is 0 Å². The van der Waals surface area contributed by atoms with E-state index in [2.05, 4.69) is 69.2 Å². The Balaban J connectivity index is 2.64. The molecule has 0 aliphatic heterocycles. The van der Waals surface area contributed by atoms with Gasteiger partial charge in [0.05, 0.1) is 0 Å². The molecule has 0 fully saturated rings. The number of benzene rings is 1. The third kappa shape index (κ3) is 5.85. The first-order valence-corrected chi connectivity index (χ1v) is 8.45. The molecule has 0 spiro atoms. The maximum Gasteiger partial charge on any atom is 0.0320 e. The Morgan fingerprint density at radius 2 is 1.67 bits per heavy atom. The summed E-state index contributed by atoms with van der Waals surface area (Å²) in [5, 5.41) is 3.59. The Morgan fingerprint density at radius 1 is 1.00 bits per heavy atom. The Labute approximate surface area is 128 Å². The standard InChI is InChI=1S/C15H23Br2N/c1-3-5-6-7-8-15(18-4-2)12-9-13(16)11-14(17)10-12/h9-11,15,18H,3-8H2,1-2H3. The second-order valence-electron chi connectivity index (χ2n) is 4.66. The second kappa shape index (κ2) is 9.11. The van der Waals surface area contributed by atoms with Crippen LogP contribution in [-0.4, -0.2) is 6.54 Å². The van der Waals surface area contributed by atoms with E-state index in [-0.39, 0.29) is 0 Å². The number of hydrogen-bond donors (Lipinski definition) is 1. The molecular weight excluding hydrogens is 354 g/mol. The van der Waals surface area contributed by atoms with Gasteiger partial charge in [0.2, 0.25) is 0 Å². The predicted octanol–water partition coefficient (Wildman–Crippen LogP) is 5.83. The normalized spacial score (nSPS) is 12.7. The Morgan fingerprint density at radius 3 is 2.22 bits per heavy atom. The van der Waals surface area contributed by atoms with Gasteiger partial charge in [-0.15, -0.1) is 0 Å². The van der Waals surface area contributed by atoms with Gasteiger partial charge in [0.1, 0.15) is 0 Å². The average Bonchev–Trinajstić information content (AvgIpc) is 2.32. The maximum absolute atomic E-state index is 3.59. The van der Waals surface area contributed by atoms with Crippen molar-refractivity contribution in [2.24, 2.45) is 0 Å². The van der Waals surface area contributed by atoms with Crippen molar-refractivity contribution >= 4 is 31.9 Å². The van der Waals surface area contributed by atoms with E-state index >= 15 is 0 Å². The van der Waals surface area contributed by atoms with Gasteiger partial charge in [-0.25, -0.2) is 0 Å². The molecule has 1 unspecified atom stereocenters. The SMILES string of the molecule is CCCCCCC(NCC)c1cc(Br)cc(Br)c1. The second-order valence-corrected chi connectivity index (χ2v) is 6.49. The van der Waals surface area contributed by atoms with E-state index < -0.39 is 0 Å². The molecule has 0 saturated carbocycles. The fourth-order valence-corrected chi connectivity index (χ4v) is 3.51. The van der Waals surface area contributed by atoms with Crippen LogP contribution >= 0.6 is 31.9 Å². The third-order valence-electron chi connectivity index (χ3n) is 3.08. The average molecular weight is 377 g/mol. The van der Waals surface area contributed by atoms with Crippen LogP contribution in [0.2, 0.25) is 0 Å². The molecule has 0 aliphatic carbocycles. The van der Waals surface area contributed by atoms with E-state index in [4.69, 9.17) is 0 Å². The number of unbranched alkanes of at least 4 members (excludes halogenated alkanes) is 3. The zero-order valence-electron chi connectivity index (χ0n) is 11.3. The number of nitrogens with one attached hydrogen (secondary N) is 1. The molecule has 3 heteroatoms. The molecule has 0 saturated heterocycles. The molecule has 1 aromatic carbocycles. The molecule has 1 N–H and O–H groups in total. The molecule has 102 valence electrons. The first kappa shape index (κ1) is 16.2. The molecule has 0 heterocycles. The minimum absolute atomic E-state index is 0.473. The summed E-state index contributed by atoms with van der Waals surface area (Å²) in [6.07, 6.45) is 6.51. The van der Waals surface area contributed by atoms with E-state index in [1.165, 1.54) is 37.7 Å². The lowest BCUT2D eigenvalue weighted by atomic mass is 10.00. The Bertz CT molecular complexity index is 332. The first-order valence-electron chi connectivity index (χ1n) is 6.86. The summed E-state index contributed by atoms with van der Waals surface area (Å²) in [7, 11) is 0. The minimum atomic E-state index is 0.473. The summed E-state index contributed by atoms with van der Waals surface area (Å²) in [5.74, 6) is 0. The largest absolute Gasteiger partial charge is 0.310 e. The fraction of sp³-hybridized carbons (Fsp3) is 0.600.